The van der Waals surface area contributed by atoms with Crippen LogP contribution in [0, 0.1) is 0 Å². The molecule has 0 bridgehead atoms. The first kappa shape index (κ1) is 18.1. The smallest absolute Gasteiger partial charge is 0.184 e. The van der Waals surface area contributed by atoms with Crippen molar-refractivity contribution in [1.29, 1.82) is 0 Å². The predicted octanol–water partition coefficient (Wildman–Crippen LogP) is 6.55. The summed E-state index contributed by atoms with van der Waals surface area (Å²) in [5, 5.41) is 1.47. The minimum Gasteiger partial charge on any atom is -0.316 e. The fraction of sp³-hybridized carbons (Fsp3) is 0.0476. The van der Waals surface area contributed by atoms with Gasteiger partial charge in [0.15, 0.2) is 5.78 Å². The van der Waals surface area contributed by atoms with Crippen LogP contribution in [0.1, 0.15) is 10.4 Å². The van der Waals surface area contributed by atoms with Crippen molar-refractivity contribution in [2.24, 2.45) is 0 Å². The molecular weight excluding hydrogens is 403 g/mol. The van der Waals surface area contributed by atoms with E-state index in [-0.39, 0.29) is 12.3 Å². The van der Waals surface area contributed by atoms with Gasteiger partial charge in [-0.15, -0.1) is 0 Å². The van der Waals surface area contributed by atoms with E-state index < -0.39 is 0 Å². The number of benzene rings is 3. The molecular formula is C21H13Cl3N2O. The fourth-order valence-electron chi connectivity index (χ4n) is 3.00. The van der Waals surface area contributed by atoms with E-state index in [1.54, 1.807) is 30.3 Å². The van der Waals surface area contributed by atoms with Gasteiger partial charge < -0.3 is 4.57 Å². The van der Waals surface area contributed by atoms with Gasteiger partial charge in [0.1, 0.15) is 5.82 Å². The lowest BCUT2D eigenvalue weighted by Crippen LogP contribution is -2.12. The third-order valence-electron chi connectivity index (χ3n) is 4.29. The number of rotatable bonds is 4. The van der Waals surface area contributed by atoms with E-state index in [0.29, 0.717) is 26.5 Å². The van der Waals surface area contributed by atoms with Gasteiger partial charge in [0.05, 0.1) is 22.6 Å². The molecule has 4 rings (SSSR count). The Morgan fingerprint density at radius 3 is 2.33 bits per heavy atom. The van der Waals surface area contributed by atoms with Crippen molar-refractivity contribution in [1.82, 2.24) is 9.55 Å². The zero-order valence-corrected chi connectivity index (χ0v) is 16.3. The molecule has 0 unspecified atom stereocenters. The summed E-state index contributed by atoms with van der Waals surface area (Å²) in [6.07, 6.45) is 0. The van der Waals surface area contributed by atoms with Crippen molar-refractivity contribution in [3.05, 3.63) is 87.4 Å². The molecule has 0 saturated heterocycles. The summed E-state index contributed by atoms with van der Waals surface area (Å²) >= 11 is 18.2. The second kappa shape index (κ2) is 7.35. The van der Waals surface area contributed by atoms with Gasteiger partial charge in [0.2, 0.25) is 0 Å². The van der Waals surface area contributed by atoms with E-state index in [1.807, 2.05) is 41.0 Å². The summed E-state index contributed by atoms with van der Waals surface area (Å²) in [5.41, 5.74) is 3.00. The Morgan fingerprint density at radius 1 is 0.889 bits per heavy atom. The van der Waals surface area contributed by atoms with E-state index in [4.69, 9.17) is 39.8 Å². The van der Waals surface area contributed by atoms with E-state index in [1.165, 1.54) is 0 Å². The Balaban J connectivity index is 1.81. The highest BCUT2D eigenvalue weighted by Crippen LogP contribution is 2.28. The third-order valence-corrected chi connectivity index (χ3v) is 5.09. The van der Waals surface area contributed by atoms with Crippen LogP contribution < -0.4 is 0 Å². The van der Waals surface area contributed by atoms with E-state index in [2.05, 4.69) is 0 Å². The third kappa shape index (κ3) is 3.59. The number of aromatic nitrogens is 2. The molecule has 0 atom stereocenters. The number of para-hydroxylation sites is 2. The number of hydrogen-bond donors (Lipinski definition) is 0. The number of carbonyl (C=O) groups is 1. The van der Waals surface area contributed by atoms with Crippen molar-refractivity contribution in [3.63, 3.8) is 0 Å². The van der Waals surface area contributed by atoms with Crippen LogP contribution in [0.3, 0.4) is 0 Å². The summed E-state index contributed by atoms with van der Waals surface area (Å²) in [4.78, 5) is 17.6. The van der Waals surface area contributed by atoms with Crippen LogP contribution in [-0.4, -0.2) is 15.3 Å². The average Bonchev–Trinajstić information content (AvgIpc) is 3.01. The monoisotopic (exact) mass is 414 g/mol. The lowest BCUT2D eigenvalue weighted by atomic mass is 10.1. The molecule has 0 N–H and O–H groups in total. The number of Topliss-reactive ketones (excluding diaryl/α,β-unsaturated/α-hetero) is 1. The van der Waals surface area contributed by atoms with Crippen LogP contribution in [0.2, 0.25) is 15.1 Å². The molecule has 0 aliphatic heterocycles. The Hall–Kier alpha value is -2.33. The van der Waals surface area contributed by atoms with Crippen molar-refractivity contribution in [3.8, 4) is 11.4 Å². The molecule has 0 spiro atoms. The standard InChI is InChI=1S/C21H13Cl3N2O/c22-14-7-5-13(6-8-14)21-25-18-3-1-2-4-19(18)26(21)12-20(27)16-10-9-15(23)11-17(16)24/h1-11H,12H2. The van der Waals surface area contributed by atoms with Crippen molar-refractivity contribution in [2.75, 3.05) is 0 Å². The Kier molecular flexibility index (Phi) is 4.92. The molecule has 0 fully saturated rings. The van der Waals surface area contributed by atoms with Crippen LogP contribution in [0.25, 0.3) is 22.4 Å². The van der Waals surface area contributed by atoms with Crippen LogP contribution in [0.15, 0.2) is 66.7 Å². The minimum absolute atomic E-state index is 0.111. The summed E-state index contributed by atoms with van der Waals surface area (Å²) in [5.74, 6) is 0.585. The Bertz CT molecular complexity index is 1150. The highest BCUT2D eigenvalue weighted by Gasteiger charge is 2.18. The molecule has 6 heteroatoms. The highest BCUT2D eigenvalue weighted by atomic mass is 35.5. The highest BCUT2D eigenvalue weighted by molar-refractivity contribution is 6.36. The molecule has 3 aromatic carbocycles. The van der Waals surface area contributed by atoms with E-state index >= 15 is 0 Å². The fourth-order valence-corrected chi connectivity index (χ4v) is 3.64. The molecule has 0 amide bonds. The number of hydrogen-bond acceptors (Lipinski definition) is 2. The molecule has 1 aromatic heterocycles. The van der Waals surface area contributed by atoms with Gasteiger partial charge >= 0.3 is 0 Å². The maximum atomic E-state index is 12.9. The molecule has 3 nitrogen and oxygen atoms in total. The van der Waals surface area contributed by atoms with E-state index in [0.717, 1.165) is 16.6 Å². The number of nitrogens with zero attached hydrogens (tertiary/aromatic N) is 2. The Labute approximate surface area is 171 Å². The van der Waals surface area contributed by atoms with Crippen LogP contribution >= 0.6 is 34.8 Å². The lowest BCUT2D eigenvalue weighted by Gasteiger charge is -2.10. The van der Waals surface area contributed by atoms with E-state index in [9.17, 15) is 4.79 Å². The number of halogens is 3. The predicted molar refractivity (Wildman–Crippen MR) is 111 cm³/mol. The quantitative estimate of drug-likeness (QED) is 0.354. The topological polar surface area (TPSA) is 34.9 Å². The zero-order valence-electron chi connectivity index (χ0n) is 14.0. The van der Waals surface area contributed by atoms with Gasteiger partial charge in [-0.2, -0.15) is 0 Å². The summed E-state index contributed by atoms with van der Waals surface area (Å²) in [6, 6.07) is 20.0. The summed E-state index contributed by atoms with van der Waals surface area (Å²) in [6.45, 7) is 0.111. The number of carbonyl (C=O) groups excluding carboxylic acids is 1. The SMILES string of the molecule is O=C(Cn1c(-c2ccc(Cl)cc2)nc2ccccc21)c1ccc(Cl)cc1Cl. The minimum atomic E-state index is -0.116. The average molecular weight is 416 g/mol. The first-order chi connectivity index (χ1) is 13.0. The first-order valence-corrected chi connectivity index (χ1v) is 9.36. The maximum absolute atomic E-state index is 12.9. The molecule has 1 heterocycles. The summed E-state index contributed by atoms with van der Waals surface area (Å²) in [7, 11) is 0. The number of fused-ring (bicyclic) bond motifs is 1. The largest absolute Gasteiger partial charge is 0.316 e. The van der Waals surface area contributed by atoms with Crippen LogP contribution in [-0.2, 0) is 6.54 Å². The van der Waals surface area contributed by atoms with Gasteiger partial charge in [-0.3, -0.25) is 4.79 Å². The summed E-state index contributed by atoms with van der Waals surface area (Å²) < 4.78 is 1.89. The first-order valence-electron chi connectivity index (χ1n) is 8.22. The molecule has 0 aliphatic carbocycles. The molecule has 0 aliphatic rings. The van der Waals surface area contributed by atoms with Crippen molar-refractivity contribution < 1.29 is 4.79 Å². The molecule has 0 saturated carbocycles. The van der Waals surface area contributed by atoms with Gasteiger partial charge in [-0.1, -0.05) is 46.9 Å². The maximum Gasteiger partial charge on any atom is 0.184 e. The van der Waals surface area contributed by atoms with Gasteiger partial charge in [-0.25, -0.2) is 4.98 Å². The molecule has 4 aromatic rings. The molecule has 27 heavy (non-hydrogen) atoms. The molecule has 0 radical (unpaired) electrons. The number of imidazole rings is 1. The Morgan fingerprint density at radius 2 is 1.59 bits per heavy atom. The second-order valence-corrected chi connectivity index (χ2v) is 7.34. The van der Waals surface area contributed by atoms with Crippen LogP contribution in [0.4, 0.5) is 0 Å². The van der Waals surface area contributed by atoms with Crippen molar-refractivity contribution in [2.45, 2.75) is 6.54 Å². The van der Waals surface area contributed by atoms with Crippen molar-refractivity contribution >= 4 is 51.6 Å². The number of ketones is 1. The zero-order chi connectivity index (χ0) is 19.0. The van der Waals surface area contributed by atoms with Crippen LogP contribution in [0.5, 0.6) is 0 Å². The van der Waals surface area contributed by atoms with Gasteiger partial charge in [0, 0.05) is 21.2 Å². The van der Waals surface area contributed by atoms with Gasteiger partial charge in [-0.05, 0) is 54.6 Å². The molecule has 134 valence electrons. The lowest BCUT2D eigenvalue weighted by molar-refractivity contribution is 0.0974. The second-order valence-electron chi connectivity index (χ2n) is 6.06. The normalized spacial score (nSPS) is 11.1. The van der Waals surface area contributed by atoms with Gasteiger partial charge in [0.25, 0.3) is 0 Å².